The highest BCUT2D eigenvalue weighted by Crippen LogP contribution is 2.32. The number of rotatable bonds is 2. The van der Waals surface area contributed by atoms with Crippen LogP contribution in [0, 0.1) is 4.77 Å². The molecule has 1 N–H and O–H groups in total. The van der Waals surface area contributed by atoms with Gasteiger partial charge < -0.3 is 14.6 Å². The first-order valence-electron chi connectivity index (χ1n) is 6.77. The van der Waals surface area contributed by atoms with E-state index in [0.29, 0.717) is 17.1 Å². The lowest BCUT2D eigenvalue weighted by Crippen LogP contribution is -2.37. The summed E-state index contributed by atoms with van der Waals surface area (Å²) in [6, 6.07) is 6.21. The Labute approximate surface area is 129 Å². The van der Waals surface area contributed by atoms with Gasteiger partial charge in [-0.05, 0) is 34.8 Å². The van der Waals surface area contributed by atoms with Crippen molar-refractivity contribution in [2.45, 2.75) is 24.9 Å². The quantitative estimate of drug-likeness (QED) is 0.817. The zero-order valence-corrected chi connectivity index (χ0v) is 12.1. The van der Waals surface area contributed by atoms with Crippen molar-refractivity contribution in [2.75, 3.05) is 6.61 Å². The van der Waals surface area contributed by atoms with E-state index in [4.69, 9.17) is 21.7 Å². The maximum Gasteiger partial charge on any atom is 0.221 e. The summed E-state index contributed by atoms with van der Waals surface area (Å²) in [7, 11) is 0. The van der Waals surface area contributed by atoms with Crippen LogP contribution in [0.3, 0.4) is 0 Å². The molecule has 9 heteroatoms. The molecule has 2 fully saturated rings. The molecule has 2 aliphatic rings. The molecule has 1 aromatic carbocycles. The van der Waals surface area contributed by atoms with Crippen LogP contribution in [0.1, 0.15) is 12.5 Å². The van der Waals surface area contributed by atoms with E-state index in [1.165, 1.54) is 15.4 Å². The van der Waals surface area contributed by atoms with Crippen LogP contribution in [0.4, 0.5) is 0 Å². The molecule has 0 unspecified atom stereocenters. The summed E-state index contributed by atoms with van der Waals surface area (Å²) in [4.78, 5) is 11.9. The van der Waals surface area contributed by atoms with E-state index < -0.39 is 6.29 Å². The fourth-order valence-electron chi connectivity index (χ4n) is 2.72. The molecule has 0 radical (unpaired) electrons. The average Bonchev–Trinajstić information content (AvgIpc) is 3.09. The summed E-state index contributed by atoms with van der Waals surface area (Å²) in [6.45, 7) is 0.335. The Bertz CT molecular complexity index is 801. The number of phenolic OH excluding ortho intramolecular Hbond substituents is 1. The number of hydrogen-bond donors (Lipinski definition) is 1. The van der Waals surface area contributed by atoms with E-state index in [0.717, 1.165) is 0 Å². The molecular weight excluding hydrogens is 308 g/mol. The van der Waals surface area contributed by atoms with Crippen LogP contribution < -0.4 is 0 Å². The van der Waals surface area contributed by atoms with Crippen molar-refractivity contribution >= 4 is 18.0 Å². The second-order valence-electron chi connectivity index (χ2n) is 5.22. The summed E-state index contributed by atoms with van der Waals surface area (Å²) < 4.78 is 14.1. The number of aromatic nitrogens is 4. The molecule has 8 nitrogen and oxygen atoms in total. The predicted molar refractivity (Wildman–Crippen MR) is 75.1 cm³/mol. The fourth-order valence-corrected chi connectivity index (χ4v) is 3.03. The predicted octanol–water partition coefficient (Wildman–Crippen LogP) is 0.759. The molecule has 2 saturated heterocycles. The number of ketones is 1. The number of benzene rings is 1. The van der Waals surface area contributed by atoms with Crippen molar-refractivity contribution in [1.82, 2.24) is 19.8 Å². The van der Waals surface area contributed by atoms with Crippen LogP contribution in [0.2, 0.25) is 0 Å². The number of aromatic hydroxyl groups is 1. The van der Waals surface area contributed by atoms with Crippen molar-refractivity contribution in [1.29, 1.82) is 0 Å². The highest BCUT2D eigenvalue weighted by Gasteiger charge is 2.45. The molecule has 4 rings (SSSR count). The highest BCUT2D eigenvalue weighted by atomic mass is 32.1. The van der Waals surface area contributed by atoms with Gasteiger partial charge in [0.1, 0.15) is 11.9 Å². The van der Waals surface area contributed by atoms with E-state index in [-0.39, 0.29) is 30.1 Å². The molecule has 22 heavy (non-hydrogen) atoms. The lowest BCUT2D eigenvalue weighted by Gasteiger charge is -2.25. The van der Waals surface area contributed by atoms with E-state index in [1.54, 1.807) is 18.2 Å². The zero-order valence-electron chi connectivity index (χ0n) is 11.3. The van der Waals surface area contributed by atoms with Gasteiger partial charge in [-0.1, -0.05) is 6.07 Å². The molecule has 1 aromatic heterocycles. The van der Waals surface area contributed by atoms with Crippen molar-refractivity contribution in [3.05, 3.63) is 29.0 Å². The molecule has 3 atom stereocenters. The summed E-state index contributed by atoms with van der Waals surface area (Å²) >= 11 is 5.40. The molecular formula is C13H12N4O4S. The highest BCUT2D eigenvalue weighted by molar-refractivity contribution is 7.71. The Morgan fingerprint density at radius 3 is 3.05 bits per heavy atom. The third kappa shape index (κ3) is 2.05. The second-order valence-corrected chi connectivity index (χ2v) is 5.58. The molecule has 2 aliphatic heterocycles. The van der Waals surface area contributed by atoms with Gasteiger partial charge in [-0.15, -0.1) is 0 Å². The average molecular weight is 320 g/mol. The second kappa shape index (κ2) is 4.97. The molecule has 0 amide bonds. The number of hydrogen-bond acceptors (Lipinski definition) is 7. The fraction of sp³-hybridized carbons (Fsp3) is 0.385. The lowest BCUT2D eigenvalue weighted by atomic mass is 10.0. The Kier molecular flexibility index (Phi) is 3.06. The maximum absolute atomic E-state index is 11.9. The summed E-state index contributed by atoms with van der Waals surface area (Å²) in [6.07, 6.45) is -0.761. The van der Waals surface area contributed by atoms with Gasteiger partial charge >= 0.3 is 0 Å². The topological polar surface area (TPSA) is 91.4 Å². The van der Waals surface area contributed by atoms with Gasteiger partial charge in [-0.3, -0.25) is 4.79 Å². The molecule has 114 valence electrons. The molecule has 3 heterocycles. The lowest BCUT2D eigenvalue weighted by molar-refractivity contribution is -0.156. The van der Waals surface area contributed by atoms with E-state index in [1.807, 2.05) is 0 Å². The Balaban J connectivity index is 1.73. The first kappa shape index (κ1) is 13.6. The molecule has 0 spiro atoms. The van der Waals surface area contributed by atoms with Crippen molar-refractivity contribution in [3.63, 3.8) is 0 Å². The SMILES string of the molecule is O=C1C[C@H](n2nnn(-c3cccc(O)c3)c2=S)[C@@H]2CO[C@H]1O2. The van der Waals surface area contributed by atoms with Crippen molar-refractivity contribution in [3.8, 4) is 11.4 Å². The minimum absolute atomic E-state index is 0.108. The monoisotopic (exact) mass is 320 g/mol. The standard InChI is InChI=1S/C13H12N4O4S/c18-8-3-1-2-7(4-8)16-13(22)17(15-14-16)9-5-10(19)12-20-6-11(9)21-12/h1-4,9,11-12,18H,5-6H2/t9-,11-,12-/m0/s1. The van der Waals surface area contributed by atoms with E-state index in [9.17, 15) is 9.90 Å². The number of nitrogens with zero attached hydrogens (tertiary/aromatic N) is 4. The third-order valence-electron chi connectivity index (χ3n) is 3.80. The van der Waals surface area contributed by atoms with Gasteiger partial charge in [0.2, 0.25) is 11.1 Å². The number of fused-ring (bicyclic) bond motifs is 2. The van der Waals surface area contributed by atoms with Crippen LogP contribution in [0.25, 0.3) is 5.69 Å². The van der Waals surface area contributed by atoms with Crippen LogP contribution in [-0.4, -0.2) is 49.7 Å². The minimum atomic E-state index is -0.753. The minimum Gasteiger partial charge on any atom is -0.508 e. The number of carbonyl (C=O) groups is 1. The van der Waals surface area contributed by atoms with Crippen LogP contribution in [0.5, 0.6) is 5.75 Å². The first-order chi connectivity index (χ1) is 10.6. The van der Waals surface area contributed by atoms with Gasteiger partial charge in [0, 0.05) is 12.5 Å². The largest absolute Gasteiger partial charge is 0.508 e. The smallest absolute Gasteiger partial charge is 0.221 e. The first-order valence-corrected chi connectivity index (χ1v) is 7.18. The van der Waals surface area contributed by atoms with E-state index in [2.05, 4.69) is 10.4 Å². The zero-order chi connectivity index (χ0) is 15.3. The van der Waals surface area contributed by atoms with Crippen LogP contribution >= 0.6 is 12.2 Å². The summed E-state index contributed by atoms with van der Waals surface area (Å²) in [5, 5.41) is 17.6. The maximum atomic E-state index is 11.9. The van der Waals surface area contributed by atoms with E-state index >= 15 is 0 Å². The van der Waals surface area contributed by atoms with Crippen molar-refractivity contribution < 1.29 is 19.4 Å². The van der Waals surface area contributed by atoms with Gasteiger partial charge in [0.05, 0.1) is 18.3 Å². The Morgan fingerprint density at radius 2 is 2.23 bits per heavy atom. The van der Waals surface area contributed by atoms with Crippen molar-refractivity contribution in [2.24, 2.45) is 0 Å². The third-order valence-corrected chi connectivity index (χ3v) is 4.16. The Morgan fingerprint density at radius 1 is 1.36 bits per heavy atom. The number of tetrazole rings is 1. The number of phenols is 1. The van der Waals surface area contributed by atoms with Crippen LogP contribution in [-0.2, 0) is 14.3 Å². The summed E-state index contributed by atoms with van der Waals surface area (Å²) in [5.41, 5.74) is 0.597. The van der Waals surface area contributed by atoms with Gasteiger partial charge in [0.15, 0.2) is 5.78 Å². The van der Waals surface area contributed by atoms with Gasteiger partial charge in [0.25, 0.3) is 0 Å². The molecule has 2 aromatic rings. The molecule has 0 saturated carbocycles. The van der Waals surface area contributed by atoms with Gasteiger partial charge in [-0.2, -0.15) is 4.68 Å². The molecule has 2 bridgehead atoms. The summed E-state index contributed by atoms with van der Waals surface area (Å²) in [5.74, 6) is -0.00952. The Hall–Kier alpha value is -2.10. The number of carbonyl (C=O) groups excluding carboxylic acids is 1. The van der Waals surface area contributed by atoms with Gasteiger partial charge in [-0.25, -0.2) is 4.68 Å². The normalized spacial score (nSPS) is 27.3. The number of ether oxygens (including phenoxy) is 2. The number of Topliss-reactive ketones (excluding diaryl/α,β-unsaturated/α-hetero) is 1. The van der Waals surface area contributed by atoms with Crippen LogP contribution in [0.15, 0.2) is 24.3 Å². The molecule has 0 aliphatic carbocycles.